The second-order valence-electron chi connectivity index (χ2n) is 10.5. The van der Waals surface area contributed by atoms with Gasteiger partial charge in [0.25, 0.3) is 0 Å². The van der Waals surface area contributed by atoms with Crippen LogP contribution in [-0.4, -0.2) is 47.5 Å². The molecule has 1 N–H and O–H groups in total. The lowest BCUT2D eigenvalue weighted by Gasteiger charge is -2.55. The van der Waals surface area contributed by atoms with Crippen molar-refractivity contribution < 1.29 is 4.79 Å². The summed E-state index contributed by atoms with van der Waals surface area (Å²) in [7, 11) is 4.24. The largest absolute Gasteiger partial charge is 0.355 e. The molecule has 4 bridgehead atoms. The van der Waals surface area contributed by atoms with Crippen LogP contribution in [0.15, 0.2) is 24.3 Å². The summed E-state index contributed by atoms with van der Waals surface area (Å²) in [5.74, 6) is 3.85. The number of aromatic nitrogens is 2. The topological polar surface area (TPSA) is 50.2 Å². The highest BCUT2D eigenvalue weighted by Crippen LogP contribution is 2.60. The summed E-state index contributed by atoms with van der Waals surface area (Å²) in [5.41, 5.74) is 2.21. The predicted octanol–water partition coefficient (Wildman–Crippen LogP) is 3.86. The zero-order valence-corrected chi connectivity index (χ0v) is 18.6. The molecule has 0 saturated heterocycles. The zero-order valence-electron chi connectivity index (χ0n) is 18.6. The molecule has 5 heteroatoms. The maximum Gasteiger partial charge on any atom is 0.226 e. The molecule has 1 amide bonds. The minimum Gasteiger partial charge on any atom is -0.355 e. The first-order valence-electron chi connectivity index (χ1n) is 11.9. The highest BCUT2D eigenvalue weighted by atomic mass is 16.2. The maximum atomic E-state index is 13.2. The van der Waals surface area contributed by atoms with Crippen molar-refractivity contribution in [1.82, 2.24) is 19.8 Å². The van der Waals surface area contributed by atoms with Gasteiger partial charge in [0.2, 0.25) is 5.91 Å². The van der Waals surface area contributed by atoms with Crippen LogP contribution in [0.5, 0.6) is 0 Å². The van der Waals surface area contributed by atoms with Gasteiger partial charge in [-0.3, -0.25) is 4.79 Å². The van der Waals surface area contributed by atoms with Crippen molar-refractivity contribution >= 4 is 16.9 Å². The summed E-state index contributed by atoms with van der Waals surface area (Å²) in [6.45, 7) is 2.73. The quantitative estimate of drug-likeness (QED) is 0.722. The molecule has 1 aromatic heterocycles. The van der Waals surface area contributed by atoms with Gasteiger partial charge in [-0.15, -0.1) is 0 Å². The lowest BCUT2D eigenvalue weighted by molar-refractivity contribution is -0.146. The van der Waals surface area contributed by atoms with Crippen molar-refractivity contribution in [2.24, 2.45) is 23.2 Å². The molecule has 6 rings (SSSR count). The number of para-hydroxylation sites is 2. The predicted molar refractivity (Wildman–Crippen MR) is 120 cm³/mol. The fraction of sp³-hybridized carbons (Fsp3) is 0.680. The first-order valence-corrected chi connectivity index (χ1v) is 11.9. The molecule has 2 aromatic rings. The Balaban J connectivity index is 1.24. The van der Waals surface area contributed by atoms with Crippen LogP contribution >= 0.6 is 0 Å². The summed E-state index contributed by atoms with van der Waals surface area (Å²) in [6, 6.07) is 8.40. The third-order valence-electron chi connectivity index (χ3n) is 7.87. The van der Waals surface area contributed by atoms with E-state index >= 15 is 0 Å². The molecule has 4 fully saturated rings. The van der Waals surface area contributed by atoms with E-state index < -0.39 is 0 Å². The average molecular weight is 409 g/mol. The van der Waals surface area contributed by atoms with Crippen LogP contribution in [0.25, 0.3) is 11.0 Å². The van der Waals surface area contributed by atoms with E-state index in [1.807, 2.05) is 0 Å². The third-order valence-corrected chi connectivity index (χ3v) is 7.87. The Labute approximate surface area is 180 Å². The Bertz CT molecular complexity index is 880. The molecule has 0 aliphatic heterocycles. The van der Waals surface area contributed by atoms with Gasteiger partial charge in [-0.25, -0.2) is 4.98 Å². The number of rotatable bonds is 8. The van der Waals surface area contributed by atoms with Crippen molar-refractivity contribution in [1.29, 1.82) is 0 Å². The number of hydrogen-bond donors (Lipinski definition) is 1. The second kappa shape index (κ2) is 7.99. The Kier molecular flexibility index (Phi) is 5.34. The van der Waals surface area contributed by atoms with Gasteiger partial charge >= 0.3 is 0 Å². The summed E-state index contributed by atoms with van der Waals surface area (Å²) in [4.78, 5) is 20.4. The number of nitrogens with one attached hydrogen (secondary N) is 1. The third kappa shape index (κ3) is 3.77. The average Bonchev–Trinajstić information content (AvgIpc) is 3.04. The SMILES string of the molecule is CN(C)CCCn1c(CCNC(=O)C23CC4CC(CC(C4)C2)C3)nc2ccccc21. The van der Waals surface area contributed by atoms with Crippen molar-refractivity contribution in [3.05, 3.63) is 30.1 Å². The summed E-state index contributed by atoms with van der Waals surface area (Å²) in [5, 5.41) is 3.33. The Morgan fingerprint density at radius 1 is 1.13 bits per heavy atom. The van der Waals surface area contributed by atoms with Crippen LogP contribution in [-0.2, 0) is 17.8 Å². The Morgan fingerprint density at radius 3 is 2.47 bits per heavy atom. The maximum absolute atomic E-state index is 13.2. The molecule has 0 spiro atoms. The summed E-state index contributed by atoms with van der Waals surface area (Å²) < 4.78 is 2.36. The molecular weight excluding hydrogens is 372 g/mol. The first-order chi connectivity index (χ1) is 14.5. The van der Waals surface area contributed by atoms with E-state index in [1.54, 1.807) is 0 Å². The molecule has 0 radical (unpaired) electrons. The standard InChI is InChI=1S/C25H36N4O/c1-28(2)10-5-11-29-22-7-4-3-6-21(22)27-23(29)8-9-26-24(30)25-15-18-12-19(16-25)14-20(13-18)17-25/h3-4,6-7,18-20H,5,8-17H2,1-2H3,(H,26,30). The molecule has 4 aliphatic rings. The molecule has 0 unspecified atom stereocenters. The van der Waals surface area contributed by atoms with E-state index in [0.29, 0.717) is 12.5 Å². The fourth-order valence-corrected chi connectivity index (χ4v) is 6.97. The van der Waals surface area contributed by atoms with Crippen LogP contribution in [0, 0.1) is 23.2 Å². The second-order valence-corrected chi connectivity index (χ2v) is 10.5. The zero-order chi connectivity index (χ0) is 20.7. The molecule has 4 aliphatic carbocycles. The van der Waals surface area contributed by atoms with Crippen molar-refractivity contribution in [3.63, 3.8) is 0 Å². The number of hydrogen-bond acceptors (Lipinski definition) is 3. The van der Waals surface area contributed by atoms with E-state index in [1.165, 1.54) is 24.8 Å². The van der Waals surface area contributed by atoms with Gasteiger partial charge in [0.15, 0.2) is 0 Å². The highest BCUT2D eigenvalue weighted by Gasteiger charge is 2.54. The smallest absolute Gasteiger partial charge is 0.226 e. The Hall–Kier alpha value is -1.88. The van der Waals surface area contributed by atoms with Crippen LogP contribution in [0.3, 0.4) is 0 Å². The number of carbonyl (C=O) groups excluding carboxylic acids is 1. The molecule has 1 heterocycles. The fourth-order valence-electron chi connectivity index (χ4n) is 6.97. The first kappa shape index (κ1) is 20.0. The van der Waals surface area contributed by atoms with Crippen LogP contribution in [0.2, 0.25) is 0 Å². The van der Waals surface area contributed by atoms with Gasteiger partial charge in [-0.2, -0.15) is 0 Å². The van der Waals surface area contributed by atoms with Gasteiger partial charge in [-0.1, -0.05) is 12.1 Å². The number of imidazole rings is 1. The van der Waals surface area contributed by atoms with Crippen molar-refractivity contribution in [3.8, 4) is 0 Å². The number of carbonyl (C=O) groups is 1. The van der Waals surface area contributed by atoms with Crippen LogP contribution < -0.4 is 5.32 Å². The normalized spacial score (nSPS) is 29.8. The molecule has 5 nitrogen and oxygen atoms in total. The number of amides is 1. The number of nitrogens with zero attached hydrogens (tertiary/aromatic N) is 3. The number of fused-ring (bicyclic) bond motifs is 1. The van der Waals surface area contributed by atoms with Gasteiger partial charge in [0, 0.05) is 24.9 Å². The molecule has 0 atom stereocenters. The van der Waals surface area contributed by atoms with E-state index in [2.05, 4.69) is 53.1 Å². The Morgan fingerprint density at radius 2 is 1.80 bits per heavy atom. The molecule has 162 valence electrons. The molecule has 30 heavy (non-hydrogen) atoms. The van der Waals surface area contributed by atoms with Crippen LogP contribution in [0.4, 0.5) is 0 Å². The monoisotopic (exact) mass is 408 g/mol. The number of aryl methyl sites for hydroxylation is 1. The van der Waals surface area contributed by atoms with Crippen LogP contribution in [0.1, 0.15) is 50.8 Å². The summed E-state index contributed by atoms with van der Waals surface area (Å²) >= 11 is 0. The van der Waals surface area contributed by atoms with E-state index in [9.17, 15) is 4.79 Å². The van der Waals surface area contributed by atoms with E-state index in [-0.39, 0.29) is 5.41 Å². The minimum absolute atomic E-state index is 0.0550. The van der Waals surface area contributed by atoms with Gasteiger partial charge in [0.1, 0.15) is 5.82 Å². The molecular formula is C25H36N4O. The highest BCUT2D eigenvalue weighted by molar-refractivity contribution is 5.83. The van der Waals surface area contributed by atoms with Crippen molar-refractivity contribution in [2.75, 3.05) is 27.2 Å². The lowest BCUT2D eigenvalue weighted by atomic mass is 9.49. The van der Waals surface area contributed by atoms with E-state index in [0.717, 1.165) is 74.3 Å². The lowest BCUT2D eigenvalue weighted by Crippen LogP contribution is -2.53. The van der Waals surface area contributed by atoms with Gasteiger partial charge in [0.05, 0.1) is 11.0 Å². The summed E-state index contributed by atoms with van der Waals surface area (Å²) in [6.07, 6.45) is 9.43. The number of benzene rings is 1. The minimum atomic E-state index is -0.0550. The molecule has 4 saturated carbocycles. The van der Waals surface area contributed by atoms with Gasteiger partial charge in [-0.05, 0) is 95.5 Å². The van der Waals surface area contributed by atoms with Gasteiger partial charge < -0.3 is 14.8 Å². The molecule has 1 aromatic carbocycles. The van der Waals surface area contributed by atoms with Crippen molar-refractivity contribution in [2.45, 2.75) is 57.9 Å². The van der Waals surface area contributed by atoms with E-state index in [4.69, 9.17) is 4.98 Å².